The van der Waals surface area contributed by atoms with Crippen LogP contribution in [-0.2, 0) is 0 Å². The number of nitrogens with one attached hydrogen (secondary N) is 2. The van der Waals surface area contributed by atoms with Gasteiger partial charge < -0.3 is 10.6 Å². The molecule has 1 heterocycles. The molecule has 2 rings (SSSR count). The largest absolute Gasteiger partial charge is 0.313 e. The van der Waals surface area contributed by atoms with Crippen LogP contribution < -0.4 is 10.6 Å². The lowest BCUT2D eigenvalue weighted by molar-refractivity contribution is 0.470. The van der Waals surface area contributed by atoms with E-state index >= 15 is 0 Å². The molecule has 3 heteroatoms. The molecule has 2 nitrogen and oxygen atoms in total. The average molecular weight is 228 g/mol. The summed E-state index contributed by atoms with van der Waals surface area (Å²) in [7, 11) is 0. The summed E-state index contributed by atoms with van der Waals surface area (Å²) in [6.45, 7) is 4.69. The highest BCUT2D eigenvalue weighted by Crippen LogP contribution is 2.29. The van der Waals surface area contributed by atoms with Gasteiger partial charge in [0.05, 0.1) is 0 Å². The van der Waals surface area contributed by atoms with Gasteiger partial charge in [-0.2, -0.15) is 11.8 Å². The van der Waals surface area contributed by atoms with Crippen molar-refractivity contribution < 1.29 is 0 Å². The van der Waals surface area contributed by atoms with E-state index in [0.29, 0.717) is 0 Å². The second-order valence-electron chi connectivity index (χ2n) is 4.73. The molecule has 1 saturated carbocycles. The summed E-state index contributed by atoms with van der Waals surface area (Å²) >= 11 is 2.15. The van der Waals surface area contributed by atoms with Crippen LogP contribution in [0.25, 0.3) is 0 Å². The van der Waals surface area contributed by atoms with Gasteiger partial charge in [0.25, 0.3) is 0 Å². The first kappa shape index (κ1) is 11.7. The van der Waals surface area contributed by atoms with Crippen LogP contribution >= 0.6 is 11.8 Å². The molecule has 1 aliphatic heterocycles. The second kappa shape index (κ2) is 6.12. The molecule has 0 aromatic carbocycles. The topological polar surface area (TPSA) is 24.1 Å². The van der Waals surface area contributed by atoms with Crippen molar-refractivity contribution in [3.05, 3.63) is 0 Å². The van der Waals surface area contributed by atoms with Crippen molar-refractivity contribution in [1.29, 1.82) is 0 Å². The Hall–Kier alpha value is 0.270. The Labute approximate surface area is 98.0 Å². The predicted molar refractivity (Wildman–Crippen MR) is 68.6 cm³/mol. The zero-order chi connectivity index (χ0) is 10.5. The third kappa shape index (κ3) is 3.36. The zero-order valence-corrected chi connectivity index (χ0v) is 10.6. The molecule has 15 heavy (non-hydrogen) atoms. The lowest BCUT2D eigenvalue weighted by Crippen LogP contribution is -2.42. The Balaban J connectivity index is 1.68. The van der Waals surface area contributed by atoms with Gasteiger partial charge in [-0.05, 0) is 38.0 Å². The molecule has 2 aliphatic rings. The van der Waals surface area contributed by atoms with Crippen LogP contribution in [0, 0.1) is 0 Å². The van der Waals surface area contributed by atoms with Gasteiger partial charge in [0.15, 0.2) is 0 Å². The van der Waals surface area contributed by atoms with Crippen LogP contribution in [0.4, 0.5) is 0 Å². The first-order valence-electron chi connectivity index (χ1n) is 6.48. The highest BCUT2D eigenvalue weighted by molar-refractivity contribution is 7.99. The van der Waals surface area contributed by atoms with Crippen molar-refractivity contribution in [1.82, 2.24) is 10.6 Å². The van der Waals surface area contributed by atoms with E-state index in [9.17, 15) is 0 Å². The Morgan fingerprint density at radius 2 is 2.20 bits per heavy atom. The molecule has 0 bridgehead atoms. The van der Waals surface area contributed by atoms with Gasteiger partial charge in [-0.25, -0.2) is 0 Å². The summed E-state index contributed by atoms with van der Waals surface area (Å²) in [6, 6.07) is 1.54. The van der Waals surface area contributed by atoms with Crippen molar-refractivity contribution in [2.45, 2.75) is 56.4 Å². The van der Waals surface area contributed by atoms with Gasteiger partial charge in [0.2, 0.25) is 0 Å². The fourth-order valence-corrected chi connectivity index (χ4v) is 4.02. The number of rotatable bonds is 5. The molecule has 0 spiro atoms. The van der Waals surface area contributed by atoms with E-state index in [0.717, 1.165) is 17.3 Å². The van der Waals surface area contributed by atoms with Gasteiger partial charge in [-0.15, -0.1) is 0 Å². The SMILES string of the molecule is CCSC1CCCC1NCC1CCCN1. The molecule has 0 aromatic rings. The first-order valence-corrected chi connectivity index (χ1v) is 7.53. The standard InChI is InChI=1S/C12H24N2S/c1-2-15-12-7-3-6-11(12)14-9-10-5-4-8-13-10/h10-14H,2-9H2,1H3. The monoisotopic (exact) mass is 228 g/mol. The molecule has 0 aromatic heterocycles. The smallest absolute Gasteiger partial charge is 0.0201 e. The molecule has 0 amide bonds. The maximum atomic E-state index is 3.78. The van der Waals surface area contributed by atoms with E-state index in [-0.39, 0.29) is 0 Å². The molecule has 3 unspecified atom stereocenters. The van der Waals surface area contributed by atoms with E-state index in [1.54, 1.807) is 0 Å². The lowest BCUT2D eigenvalue weighted by Gasteiger charge is -2.22. The Kier molecular flexibility index (Phi) is 4.79. The van der Waals surface area contributed by atoms with Crippen molar-refractivity contribution in [3.8, 4) is 0 Å². The van der Waals surface area contributed by atoms with E-state index in [2.05, 4.69) is 29.3 Å². The van der Waals surface area contributed by atoms with Crippen molar-refractivity contribution in [2.75, 3.05) is 18.8 Å². The minimum Gasteiger partial charge on any atom is -0.313 e. The fraction of sp³-hybridized carbons (Fsp3) is 1.00. The van der Waals surface area contributed by atoms with Crippen LogP contribution in [0.15, 0.2) is 0 Å². The summed E-state index contributed by atoms with van der Waals surface area (Å²) in [5.74, 6) is 1.27. The second-order valence-corrected chi connectivity index (χ2v) is 6.25. The third-order valence-corrected chi connectivity index (χ3v) is 4.95. The van der Waals surface area contributed by atoms with E-state index in [4.69, 9.17) is 0 Å². The summed E-state index contributed by atoms with van der Waals surface area (Å²) in [4.78, 5) is 0. The van der Waals surface area contributed by atoms with Crippen LogP contribution in [0.5, 0.6) is 0 Å². The molecule has 2 N–H and O–H groups in total. The minimum absolute atomic E-state index is 0.748. The normalized spacial score (nSPS) is 36.2. The van der Waals surface area contributed by atoms with E-state index in [1.807, 2.05) is 0 Å². The minimum atomic E-state index is 0.748. The third-order valence-electron chi connectivity index (χ3n) is 3.62. The average Bonchev–Trinajstić information content (AvgIpc) is 2.85. The maximum absolute atomic E-state index is 3.78. The zero-order valence-electron chi connectivity index (χ0n) is 9.80. The summed E-state index contributed by atoms with van der Waals surface area (Å²) in [5, 5.41) is 8.22. The maximum Gasteiger partial charge on any atom is 0.0201 e. The van der Waals surface area contributed by atoms with Gasteiger partial charge in [-0.3, -0.25) is 0 Å². The Morgan fingerprint density at radius 1 is 1.27 bits per heavy atom. The fourth-order valence-electron chi connectivity index (χ4n) is 2.80. The number of hydrogen-bond donors (Lipinski definition) is 2. The van der Waals surface area contributed by atoms with Crippen LogP contribution in [0.2, 0.25) is 0 Å². The van der Waals surface area contributed by atoms with E-state index < -0.39 is 0 Å². The molecular weight excluding hydrogens is 204 g/mol. The summed E-state index contributed by atoms with van der Waals surface area (Å²) < 4.78 is 0. The van der Waals surface area contributed by atoms with Crippen molar-refractivity contribution >= 4 is 11.8 Å². The predicted octanol–water partition coefficient (Wildman–Crippen LogP) is 2.00. The Morgan fingerprint density at radius 3 is 2.93 bits per heavy atom. The quantitative estimate of drug-likeness (QED) is 0.752. The molecule has 0 radical (unpaired) electrons. The molecule has 88 valence electrons. The number of hydrogen-bond acceptors (Lipinski definition) is 3. The van der Waals surface area contributed by atoms with Crippen molar-refractivity contribution in [2.24, 2.45) is 0 Å². The molecule has 1 aliphatic carbocycles. The van der Waals surface area contributed by atoms with Gasteiger partial charge >= 0.3 is 0 Å². The highest BCUT2D eigenvalue weighted by Gasteiger charge is 2.27. The van der Waals surface area contributed by atoms with Crippen LogP contribution in [0.1, 0.15) is 39.0 Å². The first-order chi connectivity index (χ1) is 7.40. The van der Waals surface area contributed by atoms with E-state index in [1.165, 1.54) is 50.9 Å². The van der Waals surface area contributed by atoms with Crippen molar-refractivity contribution in [3.63, 3.8) is 0 Å². The van der Waals surface area contributed by atoms with Gasteiger partial charge in [0, 0.05) is 23.9 Å². The van der Waals surface area contributed by atoms with Gasteiger partial charge in [-0.1, -0.05) is 13.3 Å². The summed E-state index contributed by atoms with van der Waals surface area (Å²) in [6.07, 6.45) is 6.97. The van der Waals surface area contributed by atoms with Crippen LogP contribution in [-0.4, -0.2) is 36.2 Å². The molecule has 3 atom stereocenters. The molecule has 2 fully saturated rings. The van der Waals surface area contributed by atoms with Gasteiger partial charge in [0.1, 0.15) is 0 Å². The highest BCUT2D eigenvalue weighted by atomic mass is 32.2. The number of thioether (sulfide) groups is 1. The molecular formula is C12H24N2S. The summed E-state index contributed by atoms with van der Waals surface area (Å²) in [5.41, 5.74) is 0. The molecule has 1 saturated heterocycles. The van der Waals surface area contributed by atoms with Crippen LogP contribution in [0.3, 0.4) is 0 Å². The lowest BCUT2D eigenvalue weighted by atomic mass is 10.2. The Bertz CT molecular complexity index is 180.